The molecule has 1 aromatic rings. The highest BCUT2D eigenvalue weighted by atomic mass is 16.4. The molecule has 1 aliphatic rings. The molecular formula is C11H12O4. The van der Waals surface area contributed by atoms with Crippen LogP contribution in [0.2, 0.25) is 0 Å². The molecule has 2 rings (SSSR count). The fourth-order valence-corrected chi connectivity index (χ4v) is 1.79. The van der Waals surface area contributed by atoms with Crippen molar-refractivity contribution in [1.29, 1.82) is 0 Å². The normalized spacial score (nSPS) is 17.4. The third kappa shape index (κ3) is 1.25. The molecule has 4 nitrogen and oxygen atoms in total. The molecular weight excluding hydrogens is 196 g/mol. The SMILES string of the molecule is Cc1ccc(C2(C(=O)O)CC2)c(O)c1O. The highest BCUT2D eigenvalue weighted by Gasteiger charge is 2.53. The standard InChI is InChI=1S/C11H12O4/c1-6-2-3-7(9(13)8(6)12)11(4-5-11)10(14)15/h2-3,12-13H,4-5H2,1H3,(H,14,15). The quantitative estimate of drug-likeness (QED) is 0.644. The van der Waals surface area contributed by atoms with Crippen molar-refractivity contribution in [2.24, 2.45) is 0 Å². The van der Waals surface area contributed by atoms with Crippen LogP contribution in [0.15, 0.2) is 12.1 Å². The molecule has 0 unspecified atom stereocenters. The number of carboxylic acids is 1. The Balaban J connectivity index is 2.55. The van der Waals surface area contributed by atoms with Gasteiger partial charge in [-0.1, -0.05) is 12.1 Å². The molecule has 15 heavy (non-hydrogen) atoms. The lowest BCUT2D eigenvalue weighted by Gasteiger charge is -2.13. The van der Waals surface area contributed by atoms with E-state index < -0.39 is 11.4 Å². The lowest BCUT2D eigenvalue weighted by atomic mass is 9.93. The van der Waals surface area contributed by atoms with E-state index in [0.717, 1.165) is 0 Å². The Bertz CT molecular complexity index is 432. The fourth-order valence-electron chi connectivity index (χ4n) is 1.79. The first kappa shape index (κ1) is 9.83. The van der Waals surface area contributed by atoms with Gasteiger partial charge in [0, 0.05) is 5.56 Å². The van der Waals surface area contributed by atoms with Gasteiger partial charge in [0.25, 0.3) is 0 Å². The number of carbonyl (C=O) groups is 1. The molecule has 80 valence electrons. The molecule has 0 radical (unpaired) electrons. The van der Waals surface area contributed by atoms with Crippen LogP contribution in [0.4, 0.5) is 0 Å². The largest absolute Gasteiger partial charge is 0.504 e. The Morgan fingerprint density at radius 3 is 2.33 bits per heavy atom. The van der Waals surface area contributed by atoms with Gasteiger partial charge in [-0.3, -0.25) is 4.79 Å². The summed E-state index contributed by atoms with van der Waals surface area (Å²) >= 11 is 0. The van der Waals surface area contributed by atoms with E-state index in [1.165, 1.54) is 0 Å². The molecule has 1 aliphatic carbocycles. The number of aromatic hydroxyl groups is 2. The molecule has 0 amide bonds. The van der Waals surface area contributed by atoms with Crippen LogP contribution in [-0.2, 0) is 10.2 Å². The average Bonchev–Trinajstić information content (AvgIpc) is 2.95. The Morgan fingerprint density at radius 2 is 1.87 bits per heavy atom. The molecule has 1 saturated carbocycles. The molecule has 1 aromatic carbocycles. The number of benzene rings is 1. The highest BCUT2D eigenvalue weighted by Crippen LogP contribution is 2.53. The van der Waals surface area contributed by atoms with Crippen LogP contribution in [0.3, 0.4) is 0 Å². The van der Waals surface area contributed by atoms with Crippen LogP contribution in [0, 0.1) is 6.92 Å². The number of phenolic OH excluding ortho intramolecular Hbond substituents is 2. The first-order chi connectivity index (χ1) is 6.99. The molecule has 0 saturated heterocycles. The monoisotopic (exact) mass is 208 g/mol. The average molecular weight is 208 g/mol. The smallest absolute Gasteiger partial charge is 0.314 e. The maximum absolute atomic E-state index is 11.0. The molecule has 4 heteroatoms. The van der Waals surface area contributed by atoms with Crippen molar-refractivity contribution in [3.05, 3.63) is 23.3 Å². The second-order valence-corrected chi connectivity index (χ2v) is 4.01. The zero-order chi connectivity index (χ0) is 11.2. The number of aryl methyl sites for hydroxylation is 1. The van der Waals surface area contributed by atoms with E-state index in [9.17, 15) is 15.0 Å². The van der Waals surface area contributed by atoms with Gasteiger partial charge in [0.05, 0.1) is 5.41 Å². The van der Waals surface area contributed by atoms with Crippen LogP contribution in [0.5, 0.6) is 11.5 Å². The van der Waals surface area contributed by atoms with Crippen molar-refractivity contribution in [2.45, 2.75) is 25.2 Å². The van der Waals surface area contributed by atoms with Crippen molar-refractivity contribution < 1.29 is 20.1 Å². The second-order valence-electron chi connectivity index (χ2n) is 4.01. The predicted molar refractivity (Wildman–Crippen MR) is 53.1 cm³/mol. The van der Waals surface area contributed by atoms with E-state index >= 15 is 0 Å². The first-order valence-electron chi connectivity index (χ1n) is 4.74. The molecule has 0 bridgehead atoms. The number of rotatable bonds is 2. The third-order valence-electron chi connectivity index (χ3n) is 3.03. The molecule has 0 aromatic heterocycles. The van der Waals surface area contributed by atoms with E-state index in [-0.39, 0.29) is 11.5 Å². The summed E-state index contributed by atoms with van der Waals surface area (Å²) in [4.78, 5) is 11.0. The van der Waals surface area contributed by atoms with Crippen LogP contribution in [0.1, 0.15) is 24.0 Å². The van der Waals surface area contributed by atoms with Gasteiger partial charge in [-0.2, -0.15) is 0 Å². The van der Waals surface area contributed by atoms with E-state index in [4.69, 9.17) is 5.11 Å². The summed E-state index contributed by atoms with van der Waals surface area (Å²) in [6.07, 6.45) is 1.02. The molecule has 0 atom stereocenters. The summed E-state index contributed by atoms with van der Waals surface area (Å²) in [7, 11) is 0. The first-order valence-corrected chi connectivity index (χ1v) is 4.74. The summed E-state index contributed by atoms with van der Waals surface area (Å²) in [5.41, 5.74) is -0.120. The predicted octanol–water partition coefficient (Wildman–Crippen LogP) is 1.52. The van der Waals surface area contributed by atoms with Crippen molar-refractivity contribution in [2.75, 3.05) is 0 Å². The number of hydrogen-bond donors (Lipinski definition) is 3. The zero-order valence-electron chi connectivity index (χ0n) is 8.32. The van der Waals surface area contributed by atoms with E-state index in [0.29, 0.717) is 24.0 Å². The molecule has 0 heterocycles. The zero-order valence-corrected chi connectivity index (χ0v) is 8.32. The maximum atomic E-state index is 11.0. The lowest BCUT2D eigenvalue weighted by Crippen LogP contribution is -2.19. The van der Waals surface area contributed by atoms with E-state index in [1.807, 2.05) is 0 Å². The van der Waals surface area contributed by atoms with Crippen LogP contribution >= 0.6 is 0 Å². The topological polar surface area (TPSA) is 77.8 Å². The molecule has 1 fully saturated rings. The van der Waals surface area contributed by atoms with Crippen LogP contribution in [-0.4, -0.2) is 21.3 Å². The van der Waals surface area contributed by atoms with Crippen molar-refractivity contribution in [3.63, 3.8) is 0 Å². The van der Waals surface area contributed by atoms with Gasteiger partial charge in [0.15, 0.2) is 11.5 Å². The van der Waals surface area contributed by atoms with Crippen molar-refractivity contribution in [1.82, 2.24) is 0 Å². The second kappa shape index (κ2) is 2.89. The Labute approximate surface area is 86.8 Å². The van der Waals surface area contributed by atoms with Gasteiger partial charge in [-0.05, 0) is 25.3 Å². The minimum Gasteiger partial charge on any atom is -0.504 e. The van der Waals surface area contributed by atoms with E-state index in [1.54, 1.807) is 19.1 Å². The van der Waals surface area contributed by atoms with Gasteiger partial charge in [0.1, 0.15) is 0 Å². The van der Waals surface area contributed by atoms with Crippen molar-refractivity contribution >= 4 is 5.97 Å². The summed E-state index contributed by atoms with van der Waals surface area (Å²) in [6, 6.07) is 3.19. The van der Waals surface area contributed by atoms with Crippen LogP contribution < -0.4 is 0 Å². The minimum absolute atomic E-state index is 0.222. The maximum Gasteiger partial charge on any atom is 0.314 e. The number of carboxylic acid groups (broad SMARTS) is 1. The van der Waals surface area contributed by atoms with Gasteiger partial charge in [0.2, 0.25) is 0 Å². The Morgan fingerprint density at radius 1 is 1.27 bits per heavy atom. The molecule has 0 spiro atoms. The van der Waals surface area contributed by atoms with Gasteiger partial charge in [-0.25, -0.2) is 0 Å². The number of hydrogen-bond acceptors (Lipinski definition) is 3. The third-order valence-corrected chi connectivity index (χ3v) is 3.03. The minimum atomic E-state index is -0.977. The van der Waals surface area contributed by atoms with Gasteiger partial charge >= 0.3 is 5.97 Å². The van der Waals surface area contributed by atoms with E-state index in [2.05, 4.69) is 0 Å². The van der Waals surface area contributed by atoms with Gasteiger partial charge < -0.3 is 15.3 Å². The Kier molecular flexibility index (Phi) is 1.89. The summed E-state index contributed by atoms with van der Waals surface area (Å²) in [5, 5.41) is 28.3. The fraction of sp³-hybridized carbons (Fsp3) is 0.364. The molecule has 3 N–H and O–H groups in total. The number of phenols is 2. The highest BCUT2D eigenvalue weighted by molar-refractivity contribution is 5.86. The van der Waals surface area contributed by atoms with Crippen LogP contribution in [0.25, 0.3) is 0 Å². The summed E-state index contributed by atoms with van der Waals surface area (Å²) in [5.74, 6) is -1.46. The summed E-state index contributed by atoms with van der Waals surface area (Å²) < 4.78 is 0. The molecule has 0 aliphatic heterocycles. The number of aliphatic carboxylic acids is 1. The summed E-state index contributed by atoms with van der Waals surface area (Å²) in [6.45, 7) is 1.65. The Hall–Kier alpha value is -1.71. The van der Waals surface area contributed by atoms with Crippen molar-refractivity contribution in [3.8, 4) is 11.5 Å². The lowest BCUT2D eigenvalue weighted by molar-refractivity contribution is -0.140. The van der Waals surface area contributed by atoms with Gasteiger partial charge in [-0.15, -0.1) is 0 Å².